The zero-order valence-corrected chi connectivity index (χ0v) is 8.46. The molecule has 13 heavy (non-hydrogen) atoms. The van der Waals surface area contributed by atoms with Crippen molar-refractivity contribution in [3.8, 4) is 0 Å². The maximum absolute atomic E-state index is 5.47. The largest absolute Gasteiger partial charge is 0.378 e. The monoisotopic (exact) mass is 184 g/mol. The van der Waals surface area contributed by atoms with Crippen molar-refractivity contribution in [3.63, 3.8) is 0 Å². The highest BCUT2D eigenvalue weighted by Gasteiger charge is 2.32. The van der Waals surface area contributed by atoms with Gasteiger partial charge in [-0.2, -0.15) is 0 Å². The molecule has 3 nitrogen and oxygen atoms in total. The van der Waals surface area contributed by atoms with E-state index in [-0.39, 0.29) is 0 Å². The van der Waals surface area contributed by atoms with Crippen molar-refractivity contribution in [2.75, 3.05) is 33.3 Å². The molecule has 2 atom stereocenters. The third-order valence-electron chi connectivity index (χ3n) is 3.29. The predicted molar refractivity (Wildman–Crippen MR) is 52.9 cm³/mol. The normalized spacial score (nSPS) is 36.7. The molecule has 2 saturated heterocycles. The highest BCUT2D eigenvalue weighted by atomic mass is 16.5. The van der Waals surface area contributed by atoms with Crippen LogP contribution >= 0.6 is 0 Å². The lowest BCUT2D eigenvalue weighted by molar-refractivity contribution is 0.0360. The molecular formula is C10H20N2O. The van der Waals surface area contributed by atoms with Gasteiger partial charge in [-0.1, -0.05) is 6.42 Å². The van der Waals surface area contributed by atoms with E-state index in [2.05, 4.69) is 10.2 Å². The Labute approximate surface area is 80.4 Å². The van der Waals surface area contributed by atoms with Gasteiger partial charge in [0, 0.05) is 26.2 Å². The first-order valence-electron chi connectivity index (χ1n) is 5.39. The molecule has 2 rings (SSSR count). The third-order valence-corrected chi connectivity index (χ3v) is 3.29. The Hall–Kier alpha value is -0.120. The van der Waals surface area contributed by atoms with E-state index in [0.29, 0.717) is 12.1 Å². The van der Waals surface area contributed by atoms with E-state index in [0.717, 1.165) is 13.1 Å². The van der Waals surface area contributed by atoms with Gasteiger partial charge in [0.05, 0.1) is 6.10 Å². The molecule has 2 heterocycles. The van der Waals surface area contributed by atoms with Gasteiger partial charge in [-0.15, -0.1) is 0 Å². The van der Waals surface area contributed by atoms with E-state index < -0.39 is 0 Å². The van der Waals surface area contributed by atoms with Gasteiger partial charge < -0.3 is 10.1 Å². The first kappa shape index (κ1) is 9.44. The minimum atomic E-state index is 0.415. The third kappa shape index (κ3) is 2.03. The van der Waals surface area contributed by atoms with E-state index in [1.165, 1.54) is 32.4 Å². The molecule has 3 heteroatoms. The lowest BCUT2D eigenvalue weighted by Crippen LogP contribution is -2.46. The number of hydrogen-bond donors (Lipinski definition) is 1. The van der Waals surface area contributed by atoms with Gasteiger partial charge in [0.2, 0.25) is 0 Å². The molecule has 0 spiro atoms. The van der Waals surface area contributed by atoms with Crippen LogP contribution in [0.1, 0.15) is 19.3 Å². The quantitative estimate of drug-likeness (QED) is 0.675. The molecule has 0 radical (unpaired) electrons. The summed E-state index contributed by atoms with van der Waals surface area (Å²) in [5.74, 6) is 0. The van der Waals surface area contributed by atoms with Gasteiger partial charge in [-0.05, 0) is 25.9 Å². The smallest absolute Gasteiger partial charge is 0.0862 e. The van der Waals surface area contributed by atoms with Crippen LogP contribution in [0.5, 0.6) is 0 Å². The Bertz CT molecular complexity index is 157. The number of rotatable bonds is 2. The van der Waals surface area contributed by atoms with Crippen LogP contribution in [0.2, 0.25) is 0 Å². The molecule has 0 aliphatic carbocycles. The zero-order chi connectivity index (χ0) is 9.10. The Morgan fingerprint density at radius 3 is 2.62 bits per heavy atom. The molecule has 2 aliphatic heterocycles. The van der Waals surface area contributed by atoms with Crippen LogP contribution in [0.4, 0.5) is 0 Å². The van der Waals surface area contributed by atoms with E-state index in [1.54, 1.807) is 0 Å². The minimum absolute atomic E-state index is 0.415. The molecule has 0 amide bonds. The first-order chi connectivity index (χ1) is 6.42. The molecule has 2 fully saturated rings. The fraction of sp³-hybridized carbons (Fsp3) is 1.00. The molecule has 0 aromatic carbocycles. The molecule has 2 aliphatic rings. The van der Waals surface area contributed by atoms with Gasteiger partial charge in [-0.25, -0.2) is 0 Å². The van der Waals surface area contributed by atoms with E-state index in [9.17, 15) is 0 Å². The SMILES string of the molecule is COC1CNCC1N1CCCCC1. The van der Waals surface area contributed by atoms with Crippen molar-refractivity contribution in [1.29, 1.82) is 0 Å². The second kappa shape index (κ2) is 4.40. The van der Waals surface area contributed by atoms with Crippen molar-refractivity contribution in [2.24, 2.45) is 0 Å². The fourth-order valence-electron chi connectivity index (χ4n) is 2.50. The molecule has 1 N–H and O–H groups in total. The highest BCUT2D eigenvalue weighted by molar-refractivity contribution is 4.90. The summed E-state index contributed by atoms with van der Waals surface area (Å²) in [6.45, 7) is 4.68. The molecule has 0 saturated carbocycles. The van der Waals surface area contributed by atoms with E-state index in [4.69, 9.17) is 4.74 Å². The maximum atomic E-state index is 5.47. The van der Waals surface area contributed by atoms with E-state index >= 15 is 0 Å². The number of hydrogen-bond acceptors (Lipinski definition) is 3. The summed E-state index contributed by atoms with van der Waals surface area (Å²) in [5, 5.41) is 3.40. The molecular weight excluding hydrogens is 164 g/mol. The lowest BCUT2D eigenvalue weighted by Gasteiger charge is -2.34. The van der Waals surface area contributed by atoms with Gasteiger partial charge in [-0.3, -0.25) is 4.90 Å². The van der Waals surface area contributed by atoms with Crippen molar-refractivity contribution in [1.82, 2.24) is 10.2 Å². The average Bonchev–Trinajstić information content (AvgIpc) is 2.67. The number of methoxy groups -OCH3 is 1. The minimum Gasteiger partial charge on any atom is -0.378 e. The predicted octanol–water partition coefficient (Wildman–Crippen LogP) is 0.459. The molecule has 0 bridgehead atoms. The van der Waals surface area contributed by atoms with Crippen molar-refractivity contribution < 1.29 is 4.74 Å². The standard InChI is InChI=1S/C10H20N2O/c1-13-10-8-11-7-9(10)12-5-3-2-4-6-12/h9-11H,2-8H2,1H3. The number of ether oxygens (including phenoxy) is 1. The van der Waals surface area contributed by atoms with Crippen LogP contribution in [0.25, 0.3) is 0 Å². The zero-order valence-electron chi connectivity index (χ0n) is 8.46. The number of nitrogens with zero attached hydrogens (tertiary/aromatic N) is 1. The molecule has 0 aromatic rings. The Kier molecular flexibility index (Phi) is 3.19. The topological polar surface area (TPSA) is 24.5 Å². The van der Waals surface area contributed by atoms with Crippen LogP contribution in [0.3, 0.4) is 0 Å². The second-order valence-corrected chi connectivity index (χ2v) is 4.10. The van der Waals surface area contributed by atoms with Crippen molar-refractivity contribution in [3.05, 3.63) is 0 Å². The van der Waals surface area contributed by atoms with Crippen molar-refractivity contribution >= 4 is 0 Å². The van der Waals surface area contributed by atoms with Crippen LogP contribution in [0, 0.1) is 0 Å². The molecule has 76 valence electrons. The Morgan fingerprint density at radius 2 is 1.92 bits per heavy atom. The first-order valence-corrected chi connectivity index (χ1v) is 5.39. The summed E-state index contributed by atoms with van der Waals surface area (Å²) < 4.78 is 5.47. The lowest BCUT2D eigenvalue weighted by atomic mass is 10.1. The fourth-order valence-corrected chi connectivity index (χ4v) is 2.50. The average molecular weight is 184 g/mol. The summed E-state index contributed by atoms with van der Waals surface area (Å²) in [6, 6.07) is 0.630. The van der Waals surface area contributed by atoms with Crippen LogP contribution in [-0.2, 0) is 4.74 Å². The van der Waals surface area contributed by atoms with Gasteiger partial charge in [0.1, 0.15) is 0 Å². The Balaban J connectivity index is 1.90. The number of likely N-dealkylation sites (tertiary alicyclic amines) is 1. The van der Waals surface area contributed by atoms with E-state index in [1.807, 2.05) is 7.11 Å². The highest BCUT2D eigenvalue weighted by Crippen LogP contribution is 2.17. The van der Waals surface area contributed by atoms with Gasteiger partial charge in [0.15, 0.2) is 0 Å². The summed E-state index contributed by atoms with van der Waals surface area (Å²) in [4.78, 5) is 2.59. The summed E-state index contributed by atoms with van der Waals surface area (Å²) in [7, 11) is 1.83. The number of piperidine rings is 1. The molecule has 0 aromatic heterocycles. The second-order valence-electron chi connectivity index (χ2n) is 4.10. The Morgan fingerprint density at radius 1 is 1.15 bits per heavy atom. The van der Waals surface area contributed by atoms with Gasteiger partial charge >= 0.3 is 0 Å². The van der Waals surface area contributed by atoms with Crippen molar-refractivity contribution in [2.45, 2.75) is 31.4 Å². The van der Waals surface area contributed by atoms with Crippen LogP contribution < -0.4 is 5.32 Å². The summed E-state index contributed by atoms with van der Waals surface area (Å²) in [5.41, 5.74) is 0. The summed E-state index contributed by atoms with van der Waals surface area (Å²) >= 11 is 0. The van der Waals surface area contributed by atoms with Crippen LogP contribution in [-0.4, -0.2) is 50.3 Å². The van der Waals surface area contributed by atoms with Crippen LogP contribution in [0.15, 0.2) is 0 Å². The molecule has 2 unspecified atom stereocenters. The summed E-state index contributed by atoms with van der Waals surface area (Å²) in [6.07, 6.45) is 4.56. The number of nitrogens with one attached hydrogen (secondary N) is 1. The maximum Gasteiger partial charge on any atom is 0.0862 e. The van der Waals surface area contributed by atoms with Gasteiger partial charge in [0.25, 0.3) is 0 Å².